The maximum Gasteiger partial charge on any atom is 0.323 e. The predicted octanol–water partition coefficient (Wildman–Crippen LogP) is -0.120. The van der Waals surface area contributed by atoms with Gasteiger partial charge in [-0.15, -0.1) is 0 Å². The quantitative estimate of drug-likeness (QED) is 0.606. The van der Waals surface area contributed by atoms with Crippen LogP contribution in [0.25, 0.3) is 0 Å². The summed E-state index contributed by atoms with van der Waals surface area (Å²) in [5, 5.41) is 11.8. The van der Waals surface area contributed by atoms with Crippen molar-refractivity contribution in [1.29, 1.82) is 0 Å². The number of hydrogen-bond acceptors (Lipinski definition) is 3. The summed E-state index contributed by atoms with van der Waals surface area (Å²) in [6.07, 6.45) is 1.95. The number of allylic oxidation sites excluding steroid dienone is 1. The molecule has 0 aromatic heterocycles. The highest BCUT2D eigenvalue weighted by Gasteiger charge is 2.15. The van der Waals surface area contributed by atoms with E-state index in [-0.39, 0.29) is 6.54 Å². The van der Waals surface area contributed by atoms with Crippen LogP contribution in [0, 0.1) is 0 Å². The van der Waals surface area contributed by atoms with Crippen molar-refractivity contribution in [3.8, 4) is 0 Å². The predicted molar refractivity (Wildman–Crippen MR) is 45.8 cm³/mol. The third kappa shape index (κ3) is 2.23. The Balaban J connectivity index is 2.53. The van der Waals surface area contributed by atoms with Crippen molar-refractivity contribution in [2.75, 3.05) is 26.2 Å². The highest BCUT2D eigenvalue weighted by Crippen LogP contribution is 2.05. The summed E-state index contributed by atoms with van der Waals surface area (Å²) in [6, 6.07) is 0. The van der Waals surface area contributed by atoms with E-state index < -0.39 is 5.97 Å². The zero-order valence-corrected chi connectivity index (χ0v) is 7.21. The molecule has 0 saturated carbocycles. The summed E-state index contributed by atoms with van der Waals surface area (Å²) in [4.78, 5) is 12.3. The minimum atomic E-state index is -0.767. The third-order valence-corrected chi connectivity index (χ3v) is 1.93. The Kier molecular flexibility index (Phi) is 3.10. The fourth-order valence-corrected chi connectivity index (χ4v) is 1.31. The lowest BCUT2D eigenvalue weighted by Crippen LogP contribution is -2.43. The zero-order valence-electron chi connectivity index (χ0n) is 7.21. The van der Waals surface area contributed by atoms with Gasteiger partial charge in [-0.05, 0) is 6.92 Å². The molecule has 12 heavy (non-hydrogen) atoms. The number of nitrogens with zero attached hydrogens (tertiary/aromatic N) is 1. The van der Waals surface area contributed by atoms with Gasteiger partial charge in [0.05, 0.1) is 0 Å². The Morgan fingerprint density at radius 2 is 2.58 bits per heavy atom. The maximum atomic E-state index is 10.4. The Bertz CT molecular complexity index is 201. The molecular weight excluding hydrogens is 156 g/mol. The second-order valence-electron chi connectivity index (χ2n) is 2.77. The van der Waals surface area contributed by atoms with E-state index in [1.54, 1.807) is 0 Å². The van der Waals surface area contributed by atoms with E-state index in [1.807, 2.05) is 17.9 Å². The molecule has 0 bridgehead atoms. The lowest BCUT2D eigenvalue weighted by atomic mass is 10.2. The normalized spacial score (nSPS) is 21.4. The van der Waals surface area contributed by atoms with E-state index in [0.717, 1.165) is 25.3 Å². The Hall–Kier alpha value is -1.03. The molecule has 1 heterocycles. The molecule has 1 fully saturated rings. The second kappa shape index (κ2) is 4.11. The molecule has 1 rings (SSSR count). The van der Waals surface area contributed by atoms with Gasteiger partial charge in [0.15, 0.2) is 0 Å². The van der Waals surface area contributed by atoms with Crippen LogP contribution in [0.1, 0.15) is 6.92 Å². The summed E-state index contributed by atoms with van der Waals surface area (Å²) in [5.74, 6) is -0.767. The van der Waals surface area contributed by atoms with Crippen molar-refractivity contribution >= 4 is 5.97 Å². The van der Waals surface area contributed by atoms with Crippen LogP contribution < -0.4 is 5.32 Å². The lowest BCUT2D eigenvalue weighted by Gasteiger charge is -2.30. The fraction of sp³-hybridized carbons (Fsp3) is 0.625. The molecule has 2 N–H and O–H groups in total. The number of piperazine rings is 1. The number of aliphatic carboxylic acids is 1. The largest absolute Gasteiger partial charge is 0.480 e. The molecule has 4 nitrogen and oxygen atoms in total. The Labute approximate surface area is 71.9 Å². The topological polar surface area (TPSA) is 52.6 Å². The van der Waals surface area contributed by atoms with E-state index in [2.05, 4.69) is 5.32 Å². The van der Waals surface area contributed by atoms with Gasteiger partial charge in [0.1, 0.15) is 6.54 Å². The van der Waals surface area contributed by atoms with Crippen LogP contribution in [-0.4, -0.2) is 42.2 Å². The van der Waals surface area contributed by atoms with Gasteiger partial charge in [-0.2, -0.15) is 0 Å². The summed E-state index contributed by atoms with van der Waals surface area (Å²) in [5.41, 5.74) is 1.07. The van der Waals surface area contributed by atoms with Crippen LogP contribution in [-0.2, 0) is 4.79 Å². The minimum Gasteiger partial charge on any atom is -0.480 e. The minimum absolute atomic E-state index is 0.112. The Morgan fingerprint density at radius 3 is 3.17 bits per heavy atom. The number of carbonyl (C=O) groups is 1. The number of rotatable bonds is 2. The molecule has 0 atom stereocenters. The number of carboxylic acid groups (broad SMARTS) is 1. The summed E-state index contributed by atoms with van der Waals surface area (Å²) in [7, 11) is 0. The van der Waals surface area contributed by atoms with Crippen molar-refractivity contribution in [2.45, 2.75) is 6.92 Å². The van der Waals surface area contributed by atoms with Crippen LogP contribution in [0.3, 0.4) is 0 Å². The molecule has 0 aliphatic carbocycles. The highest BCUT2D eigenvalue weighted by atomic mass is 16.4. The monoisotopic (exact) mass is 170 g/mol. The molecular formula is C8H14N2O2. The first-order chi connectivity index (χ1) is 5.74. The van der Waals surface area contributed by atoms with Crippen molar-refractivity contribution in [3.05, 3.63) is 11.8 Å². The fourth-order valence-electron chi connectivity index (χ4n) is 1.31. The Morgan fingerprint density at radius 1 is 1.83 bits per heavy atom. The van der Waals surface area contributed by atoms with Crippen LogP contribution in [0.2, 0.25) is 0 Å². The maximum absolute atomic E-state index is 10.4. The summed E-state index contributed by atoms with van der Waals surface area (Å²) >= 11 is 0. The van der Waals surface area contributed by atoms with Crippen molar-refractivity contribution in [1.82, 2.24) is 10.2 Å². The summed E-state index contributed by atoms with van der Waals surface area (Å²) in [6.45, 7) is 4.47. The summed E-state index contributed by atoms with van der Waals surface area (Å²) < 4.78 is 0. The molecule has 1 saturated heterocycles. The molecule has 0 radical (unpaired) electrons. The number of carboxylic acids is 1. The van der Waals surface area contributed by atoms with Gasteiger partial charge in [0.25, 0.3) is 0 Å². The van der Waals surface area contributed by atoms with Gasteiger partial charge in [0.2, 0.25) is 0 Å². The lowest BCUT2D eigenvalue weighted by molar-refractivity contribution is -0.137. The standard InChI is InChI=1S/C8H14N2O2/c1-2-7-5-9-3-4-10(7)6-8(11)12/h2,9H,3-6H2,1H3,(H,11,12). The smallest absolute Gasteiger partial charge is 0.323 e. The van der Waals surface area contributed by atoms with Gasteiger partial charge in [-0.3, -0.25) is 4.79 Å². The van der Waals surface area contributed by atoms with E-state index >= 15 is 0 Å². The second-order valence-corrected chi connectivity index (χ2v) is 2.77. The molecule has 4 heteroatoms. The van der Waals surface area contributed by atoms with Gasteiger partial charge in [0, 0.05) is 25.3 Å². The highest BCUT2D eigenvalue weighted by molar-refractivity contribution is 5.69. The molecule has 0 unspecified atom stereocenters. The average molecular weight is 170 g/mol. The van der Waals surface area contributed by atoms with E-state index in [0.29, 0.717) is 0 Å². The number of hydrogen-bond donors (Lipinski definition) is 2. The van der Waals surface area contributed by atoms with E-state index in [4.69, 9.17) is 5.11 Å². The molecule has 0 spiro atoms. The van der Waals surface area contributed by atoms with Crippen LogP contribution in [0.15, 0.2) is 11.8 Å². The first-order valence-electron chi connectivity index (χ1n) is 4.06. The molecule has 0 amide bonds. The van der Waals surface area contributed by atoms with Gasteiger partial charge < -0.3 is 15.3 Å². The van der Waals surface area contributed by atoms with Crippen molar-refractivity contribution in [3.63, 3.8) is 0 Å². The van der Waals surface area contributed by atoms with E-state index in [9.17, 15) is 4.79 Å². The first-order valence-corrected chi connectivity index (χ1v) is 4.06. The third-order valence-electron chi connectivity index (χ3n) is 1.93. The molecule has 0 aromatic carbocycles. The first kappa shape index (κ1) is 9.06. The van der Waals surface area contributed by atoms with Gasteiger partial charge in [-0.1, -0.05) is 6.08 Å². The SMILES string of the molecule is CC=C1CNCCN1CC(=O)O. The average Bonchev–Trinajstić information content (AvgIpc) is 2.04. The van der Waals surface area contributed by atoms with Crippen LogP contribution in [0.5, 0.6) is 0 Å². The van der Waals surface area contributed by atoms with Crippen molar-refractivity contribution in [2.24, 2.45) is 0 Å². The van der Waals surface area contributed by atoms with Gasteiger partial charge in [-0.25, -0.2) is 0 Å². The molecule has 1 aliphatic rings. The zero-order chi connectivity index (χ0) is 8.97. The molecule has 68 valence electrons. The molecule has 1 aliphatic heterocycles. The van der Waals surface area contributed by atoms with Crippen LogP contribution >= 0.6 is 0 Å². The number of nitrogens with one attached hydrogen (secondary N) is 1. The van der Waals surface area contributed by atoms with Crippen LogP contribution in [0.4, 0.5) is 0 Å². The van der Waals surface area contributed by atoms with E-state index in [1.165, 1.54) is 0 Å². The van der Waals surface area contributed by atoms with Gasteiger partial charge >= 0.3 is 5.97 Å². The molecule has 0 aromatic rings. The van der Waals surface area contributed by atoms with Crippen molar-refractivity contribution < 1.29 is 9.90 Å².